The lowest BCUT2D eigenvalue weighted by atomic mass is 9.98. The smallest absolute Gasteiger partial charge is 0.316 e. The number of nitrogens with zero attached hydrogens (tertiary/aromatic N) is 6. The summed E-state index contributed by atoms with van der Waals surface area (Å²) in [5, 5.41) is 5.86. The van der Waals surface area contributed by atoms with E-state index in [1.54, 1.807) is 66.9 Å². The molecule has 0 atom stereocenters. The Hall–Kier alpha value is -5.40. The number of hydrogen-bond donors (Lipinski definition) is 2. The summed E-state index contributed by atoms with van der Waals surface area (Å²) in [7, 11) is 1.77. The van der Waals surface area contributed by atoms with Gasteiger partial charge < -0.3 is 29.9 Å². The monoisotopic (exact) mass is 746 g/mol. The zero-order valence-corrected chi connectivity index (χ0v) is 31.5. The zero-order valence-electron chi connectivity index (χ0n) is 31.5. The van der Waals surface area contributed by atoms with E-state index >= 15 is 0 Å². The number of morpholine rings is 1. The molecule has 4 aromatic rings. The van der Waals surface area contributed by atoms with E-state index in [1.807, 2.05) is 18.2 Å². The van der Waals surface area contributed by atoms with Crippen LogP contribution in [0.1, 0.15) is 82.4 Å². The van der Waals surface area contributed by atoms with E-state index in [2.05, 4.69) is 35.4 Å². The molecule has 2 N–H and O–H groups in total. The second-order valence-corrected chi connectivity index (χ2v) is 14.5. The second kappa shape index (κ2) is 18.3. The average molecular weight is 747 g/mol. The van der Waals surface area contributed by atoms with Gasteiger partial charge in [-0.25, -0.2) is 15.0 Å². The molecule has 288 valence electrons. The highest BCUT2D eigenvalue weighted by atomic mass is 16.5. The van der Waals surface area contributed by atoms with Crippen LogP contribution in [0.4, 0.5) is 17.2 Å². The number of aromatic nitrogens is 3. The molecular weight excluding hydrogens is 697 g/mol. The molecule has 2 aromatic carbocycles. The van der Waals surface area contributed by atoms with Gasteiger partial charge in [0.2, 0.25) is 0 Å². The largest absolute Gasteiger partial charge is 0.460 e. The molecule has 0 unspecified atom stereocenters. The molecule has 2 saturated heterocycles. The van der Waals surface area contributed by atoms with Gasteiger partial charge in [-0.3, -0.25) is 19.3 Å². The number of likely N-dealkylation sites (N-methyl/N-ethyl adjacent to an activating group) is 1. The number of hydrogen-bond acceptors (Lipinski definition) is 10. The van der Waals surface area contributed by atoms with Crippen molar-refractivity contribution in [3.8, 4) is 17.1 Å². The van der Waals surface area contributed by atoms with E-state index in [0.29, 0.717) is 54.0 Å². The molecule has 1 aliphatic carbocycles. The van der Waals surface area contributed by atoms with E-state index in [0.717, 1.165) is 75.2 Å². The topological polar surface area (TPSA) is 142 Å². The van der Waals surface area contributed by atoms with Crippen LogP contribution in [0.25, 0.3) is 11.1 Å². The van der Waals surface area contributed by atoms with E-state index in [9.17, 15) is 14.4 Å². The molecule has 13 heteroatoms. The van der Waals surface area contributed by atoms with Crippen LogP contribution in [0.15, 0.2) is 73.2 Å². The fraction of sp³-hybridized carbons (Fsp3) is 0.429. The standard InChI is InChI=1S/C42H50N8O5/c1-48(19-20-49-21-23-54-24-22-49)41(53)31-10-8-9-30(25-31)39(51)46-37-15-14-34(50-17-6-3-7-18-50)26-36(37)40(52)47-38-16-13-32(27-43-38)33-28-44-42(45-29-33)55-35-11-4-2-5-12-35/h8-10,13-16,25-29,35H,2-7,11-12,17-24H2,1H3,(H,46,51)(H,43,47,52). The van der Waals surface area contributed by atoms with Crippen molar-refractivity contribution in [3.63, 3.8) is 0 Å². The number of ether oxygens (including phenoxy) is 2. The van der Waals surface area contributed by atoms with Crippen molar-refractivity contribution in [1.82, 2.24) is 24.8 Å². The molecular formula is C42H50N8O5. The van der Waals surface area contributed by atoms with E-state index in [-0.39, 0.29) is 12.0 Å². The van der Waals surface area contributed by atoms with Gasteiger partial charge in [-0.15, -0.1) is 0 Å². The first-order chi connectivity index (χ1) is 26.9. The Kier molecular flexibility index (Phi) is 12.6. The molecule has 2 aromatic heterocycles. The van der Waals surface area contributed by atoms with Crippen molar-refractivity contribution in [1.29, 1.82) is 0 Å². The molecule has 4 heterocycles. The summed E-state index contributed by atoms with van der Waals surface area (Å²) in [6.45, 7) is 6.21. The lowest BCUT2D eigenvalue weighted by molar-refractivity contribution is 0.0338. The van der Waals surface area contributed by atoms with Crippen molar-refractivity contribution < 1.29 is 23.9 Å². The number of benzene rings is 2. The first-order valence-electron chi connectivity index (χ1n) is 19.5. The molecule has 7 rings (SSSR count). The Bertz CT molecular complexity index is 1920. The maximum absolute atomic E-state index is 13.9. The van der Waals surface area contributed by atoms with Crippen LogP contribution in [0.5, 0.6) is 6.01 Å². The molecule has 3 amide bonds. The third kappa shape index (κ3) is 10.0. The summed E-state index contributed by atoms with van der Waals surface area (Å²) in [6, 6.07) is 16.2. The van der Waals surface area contributed by atoms with Crippen LogP contribution in [-0.4, -0.2) is 108 Å². The van der Waals surface area contributed by atoms with Gasteiger partial charge in [0.1, 0.15) is 11.9 Å². The first kappa shape index (κ1) is 37.9. The van der Waals surface area contributed by atoms with Gasteiger partial charge in [-0.1, -0.05) is 12.5 Å². The molecule has 13 nitrogen and oxygen atoms in total. The summed E-state index contributed by atoms with van der Waals surface area (Å²) in [5.74, 6) is -0.643. The lowest BCUT2D eigenvalue weighted by Gasteiger charge is -2.29. The summed E-state index contributed by atoms with van der Waals surface area (Å²) >= 11 is 0. The van der Waals surface area contributed by atoms with Gasteiger partial charge in [-0.05, 0) is 93.5 Å². The molecule has 2 aliphatic heterocycles. The Balaban J connectivity index is 1.03. The minimum absolute atomic E-state index is 0.166. The predicted molar refractivity (Wildman–Crippen MR) is 212 cm³/mol. The van der Waals surface area contributed by atoms with Crippen molar-refractivity contribution >= 4 is 34.9 Å². The lowest BCUT2D eigenvalue weighted by Crippen LogP contribution is -2.41. The third-order valence-electron chi connectivity index (χ3n) is 10.6. The van der Waals surface area contributed by atoms with E-state index in [1.165, 1.54) is 25.7 Å². The fourth-order valence-corrected chi connectivity index (χ4v) is 7.28. The third-order valence-corrected chi connectivity index (χ3v) is 10.6. The van der Waals surface area contributed by atoms with Gasteiger partial charge in [-0.2, -0.15) is 0 Å². The van der Waals surface area contributed by atoms with Crippen LogP contribution in [0.3, 0.4) is 0 Å². The van der Waals surface area contributed by atoms with Crippen LogP contribution in [-0.2, 0) is 4.74 Å². The normalized spacial score (nSPS) is 16.6. The first-order valence-corrected chi connectivity index (χ1v) is 19.5. The number of amides is 3. The second-order valence-electron chi connectivity index (χ2n) is 14.5. The van der Waals surface area contributed by atoms with Crippen molar-refractivity contribution in [2.75, 3.05) is 75.1 Å². The molecule has 0 bridgehead atoms. The van der Waals surface area contributed by atoms with Gasteiger partial charge in [0.15, 0.2) is 0 Å². The summed E-state index contributed by atoms with van der Waals surface area (Å²) in [6.07, 6.45) is 14.3. The summed E-state index contributed by atoms with van der Waals surface area (Å²) in [5.41, 5.74) is 3.88. The molecule has 55 heavy (non-hydrogen) atoms. The summed E-state index contributed by atoms with van der Waals surface area (Å²) in [4.78, 5) is 60.5. The van der Waals surface area contributed by atoms with E-state index < -0.39 is 11.8 Å². The van der Waals surface area contributed by atoms with Crippen molar-refractivity contribution in [2.24, 2.45) is 0 Å². The van der Waals surface area contributed by atoms with Gasteiger partial charge >= 0.3 is 6.01 Å². The minimum Gasteiger partial charge on any atom is -0.460 e. The number of carbonyl (C=O) groups is 3. The van der Waals surface area contributed by atoms with Crippen LogP contribution in [0.2, 0.25) is 0 Å². The maximum Gasteiger partial charge on any atom is 0.316 e. The molecule has 1 saturated carbocycles. The van der Waals surface area contributed by atoms with Crippen molar-refractivity contribution in [3.05, 3.63) is 89.9 Å². The fourth-order valence-electron chi connectivity index (χ4n) is 7.28. The number of rotatable bonds is 12. The Morgan fingerprint density at radius 2 is 1.51 bits per heavy atom. The van der Waals surface area contributed by atoms with Gasteiger partial charge in [0, 0.05) is 92.8 Å². The zero-order chi connectivity index (χ0) is 38.0. The SMILES string of the molecule is CN(CCN1CCOCC1)C(=O)c1cccc(C(=O)Nc2ccc(N3CCCCC3)cc2C(=O)Nc2ccc(-c3cnc(OC4CCCCC4)nc3)cn2)c1. The molecule has 3 fully saturated rings. The van der Waals surface area contributed by atoms with Crippen LogP contribution in [0, 0.1) is 0 Å². The maximum atomic E-state index is 13.9. The minimum atomic E-state index is -0.426. The Labute approximate surface area is 322 Å². The van der Waals surface area contributed by atoms with Gasteiger partial charge in [0.05, 0.1) is 24.5 Å². The average Bonchev–Trinajstić information content (AvgIpc) is 3.24. The van der Waals surface area contributed by atoms with Crippen molar-refractivity contribution in [2.45, 2.75) is 57.5 Å². The molecule has 3 aliphatic rings. The van der Waals surface area contributed by atoms with E-state index in [4.69, 9.17) is 9.47 Å². The highest BCUT2D eigenvalue weighted by molar-refractivity contribution is 6.13. The Morgan fingerprint density at radius 3 is 2.25 bits per heavy atom. The Morgan fingerprint density at radius 1 is 0.782 bits per heavy atom. The summed E-state index contributed by atoms with van der Waals surface area (Å²) < 4.78 is 11.4. The number of nitrogens with one attached hydrogen (secondary N) is 2. The van der Waals surface area contributed by atoms with Gasteiger partial charge in [0.25, 0.3) is 17.7 Å². The number of anilines is 3. The number of pyridine rings is 1. The number of carbonyl (C=O) groups excluding carboxylic acids is 3. The quantitative estimate of drug-likeness (QED) is 0.173. The predicted octanol–water partition coefficient (Wildman–Crippen LogP) is 6.15. The molecule has 0 spiro atoms. The van der Waals surface area contributed by atoms with Crippen LogP contribution < -0.4 is 20.3 Å². The van der Waals surface area contributed by atoms with Crippen LogP contribution >= 0.6 is 0 Å². The highest BCUT2D eigenvalue weighted by Gasteiger charge is 2.22. The molecule has 0 radical (unpaired) electrons. The number of piperidine rings is 1. The highest BCUT2D eigenvalue weighted by Crippen LogP contribution is 2.28.